The second kappa shape index (κ2) is 8.89. The number of nitrogens with one attached hydrogen (secondary N) is 1. The predicted octanol–water partition coefficient (Wildman–Crippen LogP) is 3.15. The Morgan fingerprint density at radius 2 is 1.77 bits per heavy atom. The molecular formula is C11H25NS. The van der Waals surface area contributed by atoms with Gasteiger partial charge in [-0.3, -0.25) is 0 Å². The van der Waals surface area contributed by atoms with Crippen molar-refractivity contribution in [1.82, 2.24) is 5.32 Å². The summed E-state index contributed by atoms with van der Waals surface area (Å²) in [6.07, 6.45) is 6.16. The molecule has 0 saturated carbocycles. The maximum absolute atomic E-state index is 3.49. The van der Waals surface area contributed by atoms with Crippen LogP contribution in [-0.4, -0.2) is 24.6 Å². The van der Waals surface area contributed by atoms with Gasteiger partial charge in [0.2, 0.25) is 0 Å². The SMILES string of the molecule is CSC(C)CCNCCCC(C)C. The van der Waals surface area contributed by atoms with E-state index in [0.29, 0.717) is 0 Å². The Morgan fingerprint density at radius 1 is 1.08 bits per heavy atom. The fraction of sp³-hybridized carbons (Fsp3) is 1.00. The van der Waals surface area contributed by atoms with Crippen LogP contribution in [0.15, 0.2) is 0 Å². The summed E-state index contributed by atoms with van der Waals surface area (Å²) < 4.78 is 0. The quantitative estimate of drug-likeness (QED) is 0.608. The van der Waals surface area contributed by atoms with Crippen molar-refractivity contribution in [2.75, 3.05) is 19.3 Å². The largest absolute Gasteiger partial charge is 0.317 e. The standard InChI is InChI=1S/C11H25NS/c1-10(2)6-5-8-12-9-7-11(3)13-4/h10-12H,5-9H2,1-4H3. The number of hydrogen-bond acceptors (Lipinski definition) is 2. The van der Waals surface area contributed by atoms with E-state index in [4.69, 9.17) is 0 Å². The Bertz CT molecular complexity index is 104. The number of rotatable bonds is 8. The normalized spacial score (nSPS) is 13.6. The van der Waals surface area contributed by atoms with Gasteiger partial charge in [-0.25, -0.2) is 0 Å². The summed E-state index contributed by atoms with van der Waals surface area (Å²) in [6.45, 7) is 9.24. The lowest BCUT2D eigenvalue weighted by Crippen LogP contribution is -2.19. The zero-order chi connectivity index (χ0) is 10.1. The minimum atomic E-state index is 0.803. The Balaban J connectivity index is 2.99. The maximum atomic E-state index is 3.49. The van der Waals surface area contributed by atoms with Gasteiger partial charge in [0, 0.05) is 5.25 Å². The van der Waals surface area contributed by atoms with Gasteiger partial charge in [-0.15, -0.1) is 0 Å². The van der Waals surface area contributed by atoms with Crippen LogP contribution in [0.4, 0.5) is 0 Å². The van der Waals surface area contributed by atoms with Crippen molar-refractivity contribution in [3.05, 3.63) is 0 Å². The summed E-state index contributed by atoms with van der Waals surface area (Å²) in [5.41, 5.74) is 0. The predicted molar refractivity (Wildman–Crippen MR) is 64.5 cm³/mol. The van der Waals surface area contributed by atoms with Crippen molar-refractivity contribution in [3.63, 3.8) is 0 Å². The van der Waals surface area contributed by atoms with Gasteiger partial charge in [-0.05, 0) is 44.5 Å². The molecule has 0 saturated heterocycles. The van der Waals surface area contributed by atoms with Crippen LogP contribution in [0.1, 0.15) is 40.0 Å². The smallest absolute Gasteiger partial charge is 0.00280 e. The minimum absolute atomic E-state index is 0.803. The molecule has 1 nitrogen and oxygen atoms in total. The molecule has 0 amide bonds. The molecule has 0 aromatic rings. The molecule has 1 atom stereocenters. The van der Waals surface area contributed by atoms with E-state index in [1.54, 1.807) is 0 Å². The molecule has 80 valence electrons. The number of thioether (sulfide) groups is 1. The van der Waals surface area contributed by atoms with Gasteiger partial charge in [0.15, 0.2) is 0 Å². The Labute approximate surface area is 88.1 Å². The molecule has 0 aromatic heterocycles. The van der Waals surface area contributed by atoms with Gasteiger partial charge < -0.3 is 5.32 Å². The lowest BCUT2D eigenvalue weighted by molar-refractivity contribution is 0.524. The molecule has 0 aliphatic heterocycles. The van der Waals surface area contributed by atoms with Gasteiger partial charge in [0.1, 0.15) is 0 Å². The molecule has 0 heterocycles. The third-order valence-corrected chi connectivity index (χ3v) is 3.31. The first kappa shape index (κ1) is 13.3. The third-order valence-electron chi connectivity index (χ3n) is 2.27. The van der Waals surface area contributed by atoms with Gasteiger partial charge in [-0.1, -0.05) is 20.8 Å². The van der Waals surface area contributed by atoms with Gasteiger partial charge >= 0.3 is 0 Å². The van der Waals surface area contributed by atoms with Crippen molar-refractivity contribution < 1.29 is 0 Å². The number of hydrogen-bond donors (Lipinski definition) is 1. The van der Waals surface area contributed by atoms with Crippen LogP contribution in [0, 0.1) is 5.92 Å². The monoisotopic (exact) mass is 203 g/mol. The summed E-state index contributed by atoms with van der Waals surface area (Å²) in [4.78, 5) is 0. The van der Waals surface area contributed by atoms with Crippen LogP contribution < -0.4 is 5.32 Å². The van der Waals surface area contributed by atoms with Crippen LogP contribution in [0.2, 0.25) is 0 Å². The van der Waals surface area contributed by atoms with Crippen molar-refractivity contribution in [1.29, 1.82) is 0 Å². The van der Waals surface area contributed by atoms with E-state index in [0.717, 1.165) is 11.2 Å². The Hall–Kier alpha value is 0.310. The molecule has 0 aliphatic rings. The first-order valence-electron chi connectivity index (χ1n) is 5.40. The average molecular weight is 203 g/mol. The first-order chi connectivity index (χ1) is 6.16. The highest BCUT2D eigenvalue weighted by molar-refractivity contribution is 7.99. The molecule has 0 radical (unpaired) electrons. The van der Waals surface area contributed by atoms with Crippen LogP contribution >= 0.6 is 11.8 Å². The van der Waals surface area contributed by atoms with E-state index < -0.39 is 0 Å². The summed E-state index contributed by atoms with van der Waals surface area (Å²) in [5, 5.41) is 4.30. The molecule has 0 spiro atoms. The highest BCUT2D eigenvalue weighted by Crippen LogP contribution is 2.08. The maximum Gasteiger partial charge on any atom is 0.00280 e. The average Bonchev–Trinajstić information content (AvgIpc) is 2.10. The molecule has 13 heavy (non-hydrogen) atoms. The van der Waals surface area contributed by atoms with Crippen LogP contribution in [0.25, 0.3) is 0 Å². The molecule has 0 fully saturated rings. The summed E-state index contributed by atoms with van der Waals surface area (Å²) in [6, 6.07) is 0. The summed E-state index contributed by atoms with van der Waals surface area (Å²) in [7, 11) is 0. The minimum Gasteiger partial charge on any atom is -0.317 e. The van der Waals surface area contributed by atoms with Crippen LogP contribution in [0.5, 0.6) is 0 Å². The van der Waals surface area contributed by atoms with Gasteiger partial charge in [0.05, 0.1) is 0 Å². The van der Waals surface area contributed by atoms with Gasteiger partial charge in [0.25, 0.3) is 0 Å². The molecule has 0 rings (SSSR count). The van der Waals surface area contributed by atoms with E-state index in [1.165, 1.54) is 32.4 Å². The van der Waals surface area contributed by atoms with Crippen LogP contribution in [-0.2, 0) is 0 Å². The molecule has 1 unspecified atom stereocenters. The molecule has 2 heteroatoms. The lowest BCUT2D eigenvalue weighted by Gasteiger charge is -2.09. The fourth-order valence-corrected chi connectivity index (χ4v) is 1.54. The zero-order valence-electron chi connectivity index (χ0n) is 9.60. The van der Waals surface area contributed by atoms with E-state index in [2.05, 4.69) is 32.3 Å². The second-order valence-corrected chi connectivity index (χ2v) is 5.40. The van der Waals surface area contributed by atoms with Crippen molar-refractivity contribution >= 4 is 11.8 Å². The van der Waals surface area contributed by atoms with Crippen LogP contribution in [0.3, 0.4) is 0 Å². The fourth-order valence-electron chi connectivity index (χ4n) is 1.18. The Morgan fingerprint density at radius 3 is 2.31 bits per heavy atom. The highest BCUT2D eigenvalue weighted by Gasteiger charge is 1.98. The third kappa shape index (κ3) is 10.2. The zero-order valence-corrected chi connectivity index (χ0v) is 10.4. The first-order valence-corrected chi connectivity index (χ1v) is 6.69. The van der Waals surface area contributed by atoms with E-state index in [1.807, 2.05) is 11.8 Å². The van der Waals surface area contributed by atoms with E-state index >= 15 is 0 Å². The van der Waals surface area contributed by atoms with E-state index in [-0.39, 0.29) is 0 Å². The van der Waals surface area contributed by atoms with Gasteiger partial charge in [-0.2, -0.15) is 11.8 Å². The molecular weight excluding hydrogens is 178 g/mol. The second-order valence-electron chi connectivity index (χ2n) is 4.12. The van der Waals surface area contributed by atoms with Crippen molar-refractivity contribution in [3.8, 4) is 0 Å². The molecule has 0 aromatic carbocycles. The molecule has 0 bridgehead atoms. The summed E-state index contributed by atoms with van der Waals surface area (Å²) >= 11 is 1.95. The highest BCUT2D eigenvalue weighted by atomic mass is 32.2. The summed E-state index contributed by atoms with van der Waals surface area (Å²) in [5.74, 6) is 0.854. The lowest BCUT2D eigenvalue weighted by atomic mass is 10.1. The molecule has 0 aliphatic carbocycles. The molecule has 1 N–H and O–H groups in total. The topological polar surface area (TPSA) is 12.0 Å². The Kier molecular flexibility index (Phi) is 9.10. The van der Waals surface area contributed by atoms with Crippen molar-refractivity contribution in [2.45, 2.75) is 45.3 Å². The van der Waals surface area contributed by atoms with E-state index in [9.17, 15) is 0 Å². The van der Waals surface area contributed by atoms with Crippen molar-refractivity contribution in [2.24, 2.45) is 5.92 Å².